The molecule has 1 saturated heterocycles. The minimum absolute atomic E-state index is 0. The van der Waals surface area contributed by atoms with Gasteiger partial charge in [-0.15, -0.1) is 12.4 Å². The van der Waals surface area contributed by atoms with Gasteiger partial charge in [-0.25, -0.2) is 0 Å². The second kappa shape index (κ2) is 8.84. The summed E-state index contributed by atoms with van der Waals surface area (Å²) in [6.45, 7) is 2.92. The molecular formula is C14H22ClN3O3. The van der Waals surface area contributed by atoms with Crippen molar-refractivity contribution in [2.75, 3.05) is 45.2 Å². The van der Waals surface area contributed by atoms with Gasteiger partial charge in [0.1, 0.15) is 5.75 Å². The van der Waals surface area contributed by atoms with Crippen LogP contribution in [-0.4, -0.2) is 56.8 Å². The molecule has 1 fully saturated rings. The molecule has 21 heavy (non-hydrogen) atoms. The number of halogens is 1. The molecule has 1 heterocycles. The zero-order valence-corrected chi connectivity index (χ0v) is 12.9. The van der Waals surface area contributed by atoms with Gasteiger partial charge < -0.3 is 20.5 Å². The first-order valence-corrected chi connectivity index (χ1v) is 6.69. The van der Waals surface area contributed by atoms with Crippen LogP contribution in [0.15, 0.2) is 24.3 Å². The third-order valence-corrected chi connectivity index (χ3v) is 3.23. The average Bonchev–Trinajstić information content (AvgIpc) is 2.48. The van der Waals surface area contributed by atoms with Crippen LogP contribution < -0.4 is 15.8 Å². The second-order valence-electron chi connectivity index (χ2n) is 4.74. The van der Waals surface area contributed by atoms with Crippen molar-refractivity contribution in [2.45, 2.75) is 6.10 Å². The van der Waals surface area contributed by atoms with Crippen LogP contribution in [0.2, 0.25) is 0 Å². The van der Waals surface area contributed by atoms with Gasteiger partial charge in [-0.3, -0.25) is 9.69 Å². The first kappa shape index (κ1) is 17.7. The van der Waals surface area contributed by atoms with Crippen LogP contribution in [0, 0.1) is 0 Å². The number of nitrogens with one attached hydrogen (secondary N) is 1. The van der Waals surface area contributed by atoms with Gasteiger partial charge in [0.15, 0.2) is 0 Å². The van der Waals surface area contributed by atoms with Gasteiger partial charge in [0.2, 0.25) is 5.91 Å². The number of hydrogen-bond donors (Lipinski definition) is 2. The zero-order chi connectivity index (χ0) is 14.4. The highest BCUT2D eigenvalue weighted by molar-refractivity contribution is 5.92. The summed E-state index contributed by atoms with van der Waals surface area (Å²) >= 11 is 0. The number of morpholine rings is 1. The summed E-state index contributed by atoms with van der Waals surface area (Å²) in [5.41, 5.74) is 6.35. The number of rotatable bonds is 5. The SMILES string of the molecule is COc1ccc(NC(=O)CN2CCOC(CN)C2)cc1.Cl. The van der Waals surface area contributed by atoms with Crippen LogP contribution in [0.4, 0.5) is 5.69 Å². The average molecular weight is 316 g/mol. The molecular weight excluding hydrogens is 294 g/mol. The number of ether oxygens (including phenoxy) is 2. The molecule has 1 unspecified atom stereocenters. The Morgan fingerprint density at radius 2 is 2.19 bits per heavy atom. The van der Waals surface area contributed by atoms with E-state index >= 15 is 0 Å². The number of carbonyl (C=O) groups excluding carboxylic acids is 1. The smallest absolute Gasteiger partial charge is 0.238 e. The molecule has 2 rings (SSSR count). The maximum atomic E-state index is 12.0. The maximum absolute atomic E-state index is 12.0. The Hall–Kier alpha value is -1.34. The van der Waals surface area contributed by atoms with Crippen LogP contribution in [-0.2, 0) is 9.53 Å². The molecule has 1 atom stereocenters. The monoisotopic (exact) mass is 315 g/mol. The molecule has 1 aromatic carbocycles. The Kier molecular flexibility index (Phi) is 7.45. The van der Waals surface area contributed by atoms with Crippen molar-refractivity contribution in [3.8, 4) is 5.75 Å². The van der Waals surface area contributed by atoms with E-state index in [2.05, 4.69) is 10.2 Å². The molecule has 0 aromatic heterocycles. The lowest BCUT2D eigenvalue weighted by Gasteiger charge is -2.31. The molecule has 0 spiro atoms. The van der Waals surface area contributed by atoms with Gasteiger partial charge in [0, 0.05) is 25.3 Å². The van der Waals surface area contributed by atoms with E-state index in [9.17, 15) is 4.79 Å². The number of nitrogens with zero attached hydrogens (tertiary/aromatic N) is 1. The van der Waals surface area contributed by atoms with E-state index < -0.39 is 0 Å². The van der Waals surface area contributed by atoms with Crippen molar-refractivity contribution in [3.63, 3.8) is 0 Å². The van der Waals surface area contributed by atoms with Crippen molar-refractivity contribution in [1.29, 1.82) is 0 Å². The summed E-state index contributed by atoms with van der Waals surface area (Å²) < 4.78 is 10.5. The van der Waals surface area contributed by atoms with Crippen LogP contribution in [0.5, 0.6) is 5.75 Å². The van der Waals surface area contributed by atoms with Crippen LogP contribution >= 0.6 is 12.4 Å². The van der Waals surface area contributed by atoms with E-state index in [4.69, 9.17) is 15.2 Å². The molecule has 1 aliphatic heterocycles. The normalized spacial score (nSPS) is 18.7. The van der Waals surface area contributed by atoms with Crippen molar-refractivity contribution in [1.82, 2.24) is 4.90 Å². The van der Waals surface area contributed by atoms with E-state index in [-0.39, 0.29) is 24.4 Å². The van der Waals surface area contributed by atoms with Crippen LogP contribution in [0.25, 0.3) is 0 Å². The number of methoxy groups -OCH3 is 1. The summed E-state index contributed by atoms with van der Waals surface area (Å²) in [6, 6.07) is 7.26. The van der Waals surface area contributed by atoms with E-state index in [0.717, 1.165) is 18.0 Å². The predicted octanol–water partition coefficient (Wildman–Crippen LogP) is 0.715. The highest BCUT2D eigenvalue weighted by Gasteiger charge is 2.20. The third kappa shape index (κ3) is 5.51. The van der Waals surface area contributed by atoms with Crippen molar-refractivity contribution in [2.24, 2.45) is 5.73 Å². The van der Waals surface area contributed by atoms with Crippen LogP contribution in [0.1, 0.15) is 0 Å². The Morgan fingerprint density at radius 3 is 2.81 bits per heavy atom. The number of amides is 1. The van der Waals surface area contributed by atoms with Gasteiger partial charge in [0.25, 0.3) is 0 Å². The lowest BCUT2D eigenvalue weighted by atomic mass is 10.2. The maximum Gasteiger partial charge on any atom is 0.238 e. The number of hydrogen-bond acceptors (Lipinski definition) is 5. The van der Waals surface area contributed by atoms with Gasteiger partial charge in [0.05, 0.1) is 26.4 Å². The van der Waals surface area contributed by atoms with Gasteiger partial charge in [-0.1, -0.05) is 0 Å². The first-order chi connectivity index (χ1) is 9.71. The summed E-state index contributed by atoms with van der Waals surface area (Å²) in [7, 11) is 1.61. The molecule has 0 saturated carbocycles. The second-order valence-corrected chi connectivity index (χ2v) is 4.74. The van der Waals surface area contributed by atoms with Crippen LogP contribution in [0.3, 0.4) is 0 Å². The standard InChI is InChI=1S/C14H21N3O3.ClH/c1-19-12-4-2-11(3-5-12)16-14(18)10-17-6-7-20-13(8-15)9-17;/h2-5,13H,6-10,15H2,1H3,(H,16,18);1H. The summed E-state index contributed by atoms with van der Waals surface area (Å²) in [5.74, 6) is 0.731. The topological polar surface area (TPSA) is 76.8 Å². The zero-order valence-electron chi connectivity index (χ0n) is 12.1. The molecule has 3 N–H and O–H groups in total. The van der Waals surface area contributed by atoms with E-state index in [0.29, 0.717) is 26.2 Å². The molecule has 1 aliphatic rings. The quantitative estimate of drug-likeness (QED) is 0.837. The Labute approximate surface area is 131 Å². The van der Waals surface area contributed by atoms with E-state index in [1.54, 1.807) is 7.11 Å². The number of benzene rings is 1. The van der Waals surface area contributed by atoms with E-state index in [1.807, 2.05) is 24.3 Å². The molecule has 0 bridgehead atoms. The lowest BCUT2D eigenvalue weighted by Crippen LogP contribution is -2.48. The first-order valence-electron chi connectivity index (χ1n) is 6.69. The number of carbonyl (C=O) groups is 1. The van der Waals surface area contributed by atoms with E-state index in [1.165, 1.54) is 0 Å². The molecule has 7 heteroatoms. The fourth-order valence-corrected chi connectivity index (χ4v) is 2.14. The minimum Gasteiger partial charge on any atom is -0.497 e. The van der Waals surface area contributed by atoms with Crippen molar-refractivity contribution < 1.29 is 14.3 Å². The predicted molar refractivity (Wildman–Crippen MR) is 84.1 cm³/mol. The van der Waals surface area contributed by atoms with Gasteiger partial charge in [-0.2, -0.15) is 0 Å². The lowest BCUT2D eigenvalue weighted by molar-refractivity contribution is -0.119. The molecule has 1 aromatic rings. The largest absolute Gasteiger partial charge is 0.497 e. The Balaban J connectivity index is 0.00000220. The molecule has 118 valence electrons. The molecule has 0 radical (unpaired) electrons. The minimum atomic E-state index is -0.0344. The Morgan fingerprint density at radius 1 is 1.48 bits per heavy atom. The molecule has 0 aliphatic carbocycles. The highest BCUT2D eigenvalue weighted by Crippen LogP contribution is 2.15. The van der Waals surface area contributed by atoms with Crippen molar-refractivity contribution >= 4 is 24.0 Å². The fraction of sp³-hybridized carbons (Fsp3) is 0.500. The highest BCUT2D eigenvalue weighted by atomic mass is 35.5. The molecule has 1 amide bonds. The Bertz CT molecular complexity index is 442. The third-order valence-electron chi connectivity index (χ3n) is 3.23. The number of nitrogens with two attached hydrogens (primary N) is 1. The number of anilines is 1. The van der Waals surface area contributed by atoms with Gasteiger partial charge in [-0.05, 0) is 24.3 Å². The van der Waals surface area contributed by atoms with Gasteiger partial charge >= 0.3 is 0 Å². The summed E-state index contributed by atoms with van der Waals surface area (Å²) in [6.07, 6.45) is 0.0255. The van der Waals surface area contributed by atoms with Crippen molar-refractivity contribution in [3.05, 3.63) is 24.3 Å². The summed E-state index contributed by atoms with van der Waals surface area (Å²) in [5, 5.41) is 2.87. The molecule has 6 nitrogen and oxygen atoms in total. The summed E-state index contributed by atoms with van der Waals surface area (Å²) in [4.78, 5) is 14.0. The fourth-order valence-electron chi connectivity index (χ4n) is 2.14.